The van der Waals surface area contributed by atoms with Crippen LogP contribution in [0.4, 0.5) is 0 Å². The molecule has 1 saturated carbocycles. The maximum absolute atomic E-state index is 12.4. The first kappa shape index (κ1) is 18.2. The van der Waals surface area contributed by atoms with Gasteiger partial charge in [-0.05, 0) is 58.8 Å². The molecule has 24 heavy (non-hydrogen) atoms. The lowest BCUT2D eigenvalue weighted by Gasteiger charge is -2.41. The summed E-state index contributed by atoms with van der Waals surface area (Å²) >= 11 is 0. The molecule has 138 valence electrons. The van der Waals surface area contributed by atoms with Crippen LogP contribution in [0.5, 0.6) is 0 Å². The zero-order valence-electron chi connectivity index (χ0n) is 15.9. The first-order chi connectivity index (χ1) is 11.6. The summed E-state index contributed by atoms with van der Waals surface area (Å²) in [5.41, 5.74) is 0.396. The topological polar surface area (TPSA) is 26.8 Å². The predicted molar refractivity (Wildman–Crippen MR) is 99.1 cm³/mol. The Morgan fingerprint density at radius 1 is 1.04 bits per heavy atom. The minimum absolute atomic E-state index is 0.316. The van der Waals surface area contributed by atoms with Gasteiger partial charge < -0.3 is 14.7 Å². The summed E-state index contributed by atoms with van der Waals surface area (Å²) in [6.45, 7) is 6.33. The third-order valence-electron chi connectivity index (χ3n) is 6.56. The van der Waals surface area contributed by atoms with E-state index in [1.54, 1.807) is 0 Å². The van der Waals surface area contributed by atoms with Crippen molar-refractivity contribution in [3.63, 3.8) is 0 Å². The van der Waals surface area contributed by atoms with Gasteiger partial charge in [-0.2, -0.15) is 0 Å². The summed E-state index contributed by atoms with van der Waals surface area (Å²) in [6, 6.07) is 0. The van der Waals surface area contributed by atoms with E-state index in [0.717, 1.165) is 19.0 Å². The predicted octanol–water partition coefficient (Wildman–Crippen LogP) is 2.83. The lowest BCUT2D eigenvalue weighted by atomic mass is 9.79. The minimum atomic E-state index is 0.316. The van der Waals surface area contributed by atoms with Gasteiger partial charge in [-0.25, -0.2) is 0 Å². The monoisotopic (exact) mass is 335 g/mol. The van der Waals surface area contributed by atoms with Crippen molar-refractivity contribution in [2.24, 2.45) is 11.3 Å². The summed E-state index contributed by atoms with van der Waals surface area (Å²) in [6.07, 6.45) is 12.6. The first-order valence-electron chi connectivity index (χ1n) is 10.2. The van der Waals surface area contributed by atoms with Crippen LogP contribution in [0.15, 0.2) is 0 Å². The normalized spacial score (nSPS) is 29.7. The van der Waals surface area contributed by atoms with Gasteiger partial charge in [0.2, 0.25) is 5.91 Å². The molecule has 1 aliphatic carbocycles. The molecule has 3 aliphatic rings. The molecule has 4 nitrogen and oxygen atoms in total. The van der Waals surface area contributed by atoms with Crippen molar-refractivity contribution in [3.05, 3.63) is 0 Å². The van der Waals surface area contributed by atoms with Crippen LogP contribution in [-0.4, -0.2) is 74.0 Å². The lowest BCUT2D eigenvalue weighted by Crippen LogP contribution is -2.46. The summed E-state index contributed by atoms with van der Waals surface area (Å²) in [7, 11) is 3.97. The Balaban J connectivity index is 1.47. The third-order valence-corrected chi connectivity index (χ3v) is 6.56. The number of rotatable bonds is 5. The van der Waals surface area contributed by atoms with E-state index in [1.165, 1.54) is 77.4 Å². The van der Waals surface area contributed by atoms with Crippen molar-refractivity contribution in [2.75, 3.05) is 53.4 Å². The average Bonchev–Trinajstić information content (AvgIpc) is 2.97. The third kappa shape index (κ3) is 4.72. The van der Waals surface area contributed by atoms with E-state index in [2.05, 4.69) is 9.80 Å². The van der Waals surface area contributed by atoms with Crippen LogP contribution in [0.1, 0.15) is 57.8 Å². The van der Waals surface area contributed by atoms with Crippen LogP contribution in [0.2, 0.25) is 0 Å². The number of piperidine rings is 1. The molecule has 2 aliphatic heterocycles. The highest BCUT2D eigenvalue weighted by molar-refractivity contribution is 5.78. The van der Waals surface area contributed by atoms with Gasteiger partial charge in [-0.1, -0.05) is 32.1 Å². The zero-order chi connectivity index (χ0) is 17.0. The van der Waals surface area contributed by atoms with E-state index >= 15 is 0 Å². The van der Waals surface area contributed by atoms with E-state index in [1.807, 2.05) is 19.0 Å². The number of carbonyl (C=O) groups is 1. The van der Waals surface area contributed by atoms with Crippen molar-refractivity contribution < 1.29 is 4.79 Å². The van der Waals surface area contributed by atoms with E-state index in [9.17, 15) is 4.79 Å². The first-order valence-corrected chi connectivity index (χ1v) is 10.2. The molecule has 4 heteroatoms. The number of likely N-dealkylation sites (tertiary alicyclic amines) is 2. The molecule has 0 radical (unpaired) electrons. The van der Waals surface area contributed by atoms with Gasteiger partial charge in [0.15, 0.2) is 0 Å². The van der Waals surface area contributed by atoms with Crippen LogP contribution in [0.25, 0.3) is 0 Å². The number of hydrogen-bond donors (Lipinski definition) is 0. The fourth-order valence-corrected chi connectivity index (χ4v) is 5.19. The summed E-state index contributed by atoms with van der Waals surface area (Å²) in [5, 5.41) is 0. The van der Waals surface area contributed by atoms with Gasteiger partial charge in [-0.3, -0.25) is 4.79 Å². The fraction of sp³-hybridized carbons (Fsp3) is 0.950. The van der Waals surface area contributed by atoms with E-state index < -0.39 is 0 Å². The maximum Gasteiger partial charge on any atom is 0.236 e. The SMILES string of the molecule is CN(C)CC(=O)N1CC[C@]2(CCCN(CCC3CCCCC3)C2)C1. The van der Waals surface area contributed by atoms with Gasteiger partial charge in [0.1, 0.15) is 0 Å². The highest BCUT2D eigenvalue weighted by Crippen LogP contribution is 2.39. The molecule has 1 amide bonds. The summed E-state index contributed by atoms with van der Waals surface area (Å²) < 4.78 is 0. The molecule has 0 N–H and O–H groups in total. The number of nitrogens with zero attached hydrogens (tertiary/aromatic N) is 3. The lowest BCUT2D eigenvalue weighted by molar-refractivity contribution is -0.131. The molecule has 1 atom stereocenters. The Hall–Kier alpha value is -0.610. The smallest absolute Gasteiger partial charge is 0.236 e. The number of carbonyl (C=O) groups excluding carboxylic acids is 1. The van der Waals surface area contributed by atoms with Crippen molar-refractivity contribution in [1.82, 2.24) is 14.7 Å². The zero-order valence-corrected chi connectivity index (χ0v) is 15.9. The molecular formula is C20H37N3O. The summed E-state index contributed by atoms with van der Waals surface area (Å²) in [4.78, 5) is 19.2. The Bertz CT molecular complexity index is 419. The molecule has 0 aromatic carbocycles. The van der Waals surface area contributed by atoms with Crippen LogP contribution >= 0.6 is 0 Å². The van der Waals surface area contributed by atoms with Gasteiger partial charge in [0.25, 0.3) is 0 Å². The number of amides is 1. The molecule has 1 spiro atoms. The number of likely N-dealkylation sites (N-methyl/N-ethyl adjacent to an activating group) is 1. The van der Waals surface area contributed by atoms with Crippen LogP contribution < -0.4 is 0 Å². The van der Waals surface area contributed by atoms with Crippen molar-refractivity contribution in [3.8, 4) is 0 Å². The highest BCUT2D eigenvalue weighted by Gasteiger charge is 2.42. The Labute approximate surface area is 148 Å². The van der Waals surface area contributed by atoms with Gasteiger partial charge in [0, 0.05) is 25.0 Å². The van der Waals surface area contributed by atoms with Crippen LogP contribution in [0.3, 0.4) is 0 Å². The fourth-order valence-electron chi connectivity index (χ4n) is 5.19. The minimum Gasteiger partial charge on any atom is -0.341 e. The van der Waals surface area contributed by atoms with Crippen molar-refractivity contribution in [1.29, 1.82) is 0 Å². The van der Waals surface area contributed by atoms with Crippen molar-refractivity contribution >= 4 is 5.91 Å². The molecule has 2 saturated heterocycles. The standard InChI is InChI=1S/C20H37N3O/c1-21(2)15-19(24)23-14-11-20(17-23)10-6-12-22(16-20)13-9-18-7-4-3-5-8-18/h18H,3-17H2,1-2H3/t20-/m0/s1. The largest absolute Gasteiger partial charge is 0.341 e. The van der Waals surface area contributed by atoms with Crippen LogP contribution in [0, 0.1) is 11.3 Å². The summed E-state index contributed by atoms with van der Waals surface area (Å²) in [5.74, 6) is 1.30. The molecule has 0 bridgehead atoms. The Morgan fingerprint density at radius 3 is 2.58 bits per heavy atom. The molecule has 0 unspecified atom stereocenters. The average molecular weight is 336 g/mol. The maximum atomic E-state index is 12.4. The molecule has 0 aromatic heterocycles. The van der Waals surface area contributed by atoms with E-state index in [4.69, 9.17) is 0 Å². The second-order valence-corrected chi connectivity index (χ2v) is 8.98. The molecule has 3 fully saturated rings. The van der Waals surface area contributed by atoms with Crippen LogP contribution in [-0.2, 0) is 4.79 Å². The second kappa shape index (κ2) is 8.18. The van der Waals surface area contributed by atoms with Gasteiger partial charge in [0.05, 0.1) is 6.54 Å². The molecule has 2 heterocycles. The van der Waals surface area contributed by atoms with Crippen molar-refractivity contribution in [2.45, 2.75) is 57.8 Å². The van der Waals surface area contributed by atoms with Gasteiger partial charge >= 0.3 is 0 Å². The highest BCUT2D eigenvalue weighted by atomic mass is 16.2. The van der Waals surface area contributed by atoms with Gasteiger partial charge in [-0.15, -0.1) is 0 Å². The Morgan fingerprint density at radius 2 is 1.83 bits per heavy atom. The quantitative estimate of drug-likeness (QED) is 0.773. The van der Waals surface area contributed by atoms with E-state index in [-0.39, 0.29) is 0 Å². The molecule has 0 aromatic rings. The molecule has 3 rings (SSSR count). The van der Waals surface area contributed by atoms with E-state index in [0.29, 0.717) is 17.9 Å². The molecular weight excluding hydrogens is 298 g/mol. The second-order valence-electron chi connectivity index (χ2n) is 8.98. The number of hydrogen-bond acceptors (Lipinski definition) is 3. The Kier molecular flexibility index (Phi) is 6.20.